The second-order valence-electron chi connectivity index (χ2n) is 11.6. The van der Waals surface area contributed by atoms with Crippen LogP contribution in [0, 0.1) is 0 Å². The van der Waals surface area contributed by atoms with Crippen molar-refractivity contribution in [2.75, 3.05) is 13.2 Å². The average Bonchev–Trinajstić information content (AvgIpc) is 3.18. The van der Waals surface area contributed by atoms with Gasteiger partial charge in [0.05, 0.1) is 18.1 Å². The van der Waals surface area contributed by atoms with E-state index in [0.717, 1.165) is 73.7 Å². The molecule has 2 heterocycles. The Morgan fingerprint density at radius 3 is 1.81 bits per heavy atom. The van der Waals surface area contributed by atoms with Crippen molar-refractivity contribution >= 4 is 17.0 Å². The highest BCUT2D eigenvalue weighted by Gasteiger charge is 2.14. The van der Waals surface area contributed by atoms with Gasteiger partial charge < -0.3 is 11.1 Å². The van der Waals surface area contributed by atoms with Crippen molar-refractivity contribution in [2.24, 2.45) is 10.7 Å². The highest BCUT2D eigenvalue weighted by atomic mass is 14.9. The number of benzene rings is 5. The molecule has 1 aromatic heterocycles. The summed E-state index contributed by atoms with van der Waals surface area (Å²) >= 11 is 0. The molecule has 0 saturated heterocycles. The Bertz CT molecular complexity index is 2110. The Kier molecular flexibility index (Phi) is 9.26. The molecule has 0 aliphatic carbocycles. The predicted molar refractivity (Wildman–Crippen MR) is 201 cm³/mol. The summed E-state index contributed by atoms with van der Waals surface area (Å²) < 4.78 is 0. The maximum Gasteiger partial charge on any atom is 0.0866 e. The van der Waals surface area contributed by atoms with E-state index in [0.29, 0.717) is 0 Å². The number of allylic oxidation sites excluding steroid dienone is 3. The zero-order chi connectivity index (χ0) is 32.5. The van der Waals surface area contributed by atoms with Crippen molar-refractivity contribution in [1.29, 1.82) is 0 Å². The van der Waals surface area contributed by atoms with E-state index in [9.17, 15) is 0 Å². The third-order valence-electron chi connectivity index (χ3n) is 8.46. The number of nitrogens with zero attached hydrogens (tertiary/aromatic N) is 2. The summed E-state index contributed by atoms with van der Waals surface area (Å²) in [7, 11) is 0. The highest BCUT2D eigenvalue weighted by Crippen LogP contribution is 2.35. The Morgan fingerprint density at radius 1 is 0.625 bits per heavy atom. The summed E-state index contributed by atoms with van der Waals surface area (Å²) in [5.74, 6) is 0. The molecule has 0 atom stereocenters. The Labute approximate surface area is 282 Å². The summed E-state index contributed by atoms with van der Waals surface area (Å²) in [4.78, 5) is 9.28. The van der Waals surface area contributed by atoms with Gasteiger partial charge in [0, 0.05) is 24.0 Å². The van der Waals surface area contributed by atoms with Gasteiger partial charge in [-0.05, 0) is 92.6 Å². The summed E-state index contributed by atoms with van der Waals surface area (Å²) in [5.41, 5.74) is 20.0. The van der Waals surface area contributed by atoms with Gasteiger partial charge in [0.2, 0.25) is 0 Å². The third kappa shape index (κ3) is 7.00. The number of hydrogen-bond acceptors (Lipinski definition) is 4. The number of dihydropyridines is 1. The fourth-order valence-corrected chi connectivity index (χ4v) is 6.00. The van der Waals surface area contributed by atoms with E-state index in [2.05, 4.69) is 138 Å². The molecule has 232 valence electrons. The summed E-state index contributed by atoms with van der Waals surface area (Å²) in [6, 6.07) is 51.0. The number of hydrogen-bond donors (Lipinski definition) is 2. The fraction of sp³-hybridized carbons (Fsp3) is 0.0455. The molecule has 7 rings (SSSR count). The lowest BCUT2D eigenvalue weighted by Gasteiger charge is -2.16. The number of nitrogens with one attached hydrogen (secondary N) is 1. The van der Waals surface area contributed by atoms with Gasteiger partial charge in [0.15, 0.2) is 0 Å². The first-order chi connectivity index (χ1) is 23.7. The van der Waals surface area contributed by atoms with Crippen LogP contribution in [0.3, 0.4) is 0 Å². The van der Waals surface area contributed by atoms with E-state index in [1.54, 1.807) is 0 Å². The van der Waals surface area contributed by atoms with Crippen LogP contribution in [-0.4, -0.2) is 23.9 Å². The number of aromatic nitrogens is 1. The van der Waals surface area contributed by atoms with Gasteiger partial charge in [-0.15, -0.1) is 0 Å². The molecule has 0 saturated carbocycles. The van der Waals surface area contributed by atoms with Crippen molar-refractivity contribution in [3.8, 4) is 33.5 Å². The zero-order valence-corrected chi connectivity index (χ0v) is 26.6. The van der Waals surface area contributed by atoms with Crippen LogP contribution in [0.25, 0.3) is 44.8 Å². The van der Waals surface area contributed by atoms with Gasteiger partial charge in [-0.25, -0.2) is 0 Å². The van der Waals surface area contributed by atoms with Crippen molar-refractivity contribution in [3.63, 3.8) is 0 Å². The van der Waals surface area contributed by atoms with Crippen LogP contribution in [0.2, 0.25) is 0 Å². The van der Waals surface area contributed by atoms with E-state index in [1.165, 1.54) is 5.56 Å². The molecule has 0 bridgehead atoms. The lowest BCUT2D eigenvalue weighted by molar-refractivity contribution is 0.996. The zero-order valence-electron chi connectivity index (χ0n) is 26.6. The van der Waals surface area contributed by atoms with Crippen molar-refractivity contribution < 1.29 is 0 Å². The predicted octanol–water partition coefficient (Wildman–Crippen LogP) is 9.42. The molecule has 48 heavy (non-hydrogen) atoms. The molecule has 4 nitrogen and oxygen atoms in total. The minimum Gasteiger partial charge on any atom is -0.381 e. The minimum atomic E-state index is 0.199. The first-order valence-electron chi connectivity index (χ1n) is 16.2. The SMILES string of the molecule is NC/N=C(\C=C(\c1ccccc1)c1cc(-c2ccc(C3=CC=CCN3)cc2)cc(-c2ccc(-c3ccccn3)cc2)c1)c1ccccc1. The molecule has 5 aromatic carbocycles. The Balaban J connectivity index is 1.38. The van der Waals surface area contributed by atoms with E-state index in [4.69, 9.17) is 10.7 Å². The molecule has 1 aliphatic heterocycles. The molecule has 0 amide bonds. The average molecular weight is 621 g/mol. The standard InChI is InChI=1S/C44H36N4/c45-31-48-44(35-13-5-2-6-14-35)30-41(34-11-3-1-4-12-34)40-28-38(32-17-21-36(22-18-32)42-15-7-9-25-46-42)27-39(29-40)33-19-23-37(24-20-33)43-16-8-10-26-47-43/h1-25,27-30,47H,26,31,45H2/b41-30-,48-44+. The van der Waals surface area contributed by atoms with Crippen molar-refractivity contribution in [3.05, 3.63) is 198 Å². The lowest BCUT2D eigenvalue weighted by Crippen LogP contribution is -2.14. The van der Waals surface area contributed by atoms with E-state index < -0.39 is 0 Å². The first-order valence-corrected chi connectivity index (χ1v) is 16.2. The van der Waals surface area contributed by atoms with Gasteiger partial charge in [-0.2, -0.15) is 0 Å². The third-order valence-corrected chi connectivity index (χ3v) is 8.46. The maximum atomic E-state index is 6.01. The van der Waals surface area contributed by atoms with Gasteiger partial charge in [-0.3, -0.25) is 9.98 Å². The highest BCUT2D eigenvalue weighted by molar-refractivity contribution is 6.14. The van der Waals surface area contributed by atoms with Crippen LogP contribution in [-0.2, 0) is 0 Å². The first kappa shape index (κ1) is 30.5. The minimum absolute atomic E-state index is 0.199. The second-order valence-corrected chi connectivity index (χ2v) is 11.6. The van der Waals surface area contributed by atoms with Gasteiger partial charge in [0.25, 0.3) is 0 Å². The molecule has 0 fully saturated rings. The summed E-state index contributed by atoms with van der Waals surface area (Å²) in [6.45, 7) is 1.04. The normalized spacial score (nSPS) is 13.1. The fourth-order valence-electron chi connectivity index (χ4n) is 6.00. The summed E-state index contributed by atoms with van der Waals surface area (Å²) in [6.07, 6.45) is 10.3. The largest absolute Gasteiger partial charge is 0.381 e. The molecule has 4 heteroatoms. The smallest absolute Gasteiger partial charge is 0.0866 e. The van der Waals surface area contributed by atoms with Crippen LogP contribution in [0.15, 0.2) is 181 Å². The number of nitrogens with two attached hydrogens (primary N) is 1. The molecular weight excluding hydrogens is 585 g/mol. The molecule has 0 radical (unpaired) electrons. The van der Waals surface area contributed by atoms with E-state index in [-0.39, 0.29) is 6.67 Å². The molecular formula is C44H36N4. The number of pyridine rings is 1. The van der Waals surface area contributed by atoms with Crippen molar-refractivity contribution in [1.82, 2.24) is 10.3 Å². The maximum absolute atomic E-state index is 6.01. The van der Waals surface area contributed by atoms with Crippen LogP contribution >= 0.6 is 0 Å². The van der Waals surface area contributed by atoms with Crippen LogP contribution in [0.1, 0.15) is 22.3 Å². The van der Waals surface area contributed by atoms with Crippen LogP contribution in [0.4, 0.5) is 0 Å². The van der Waals surface area contributed by atoms with Crippen molar-refractivity contribution in [2.45, 2.75) is 0 Å². The van der Waals surface area contributed by atoms with Gasteiger partial charge in [-0.1, -0.05) is 127 Å². The molecule has 6 aromatic rings. The Morgan fingerprint density at radius 2 is 1.23 bits per heavy atom. The number of aliphatic imine (C=N–C) groups is 1. The topological polar surface area (TPSA) is 63.3 Å². The second kappa shape index (κ2) is 14.5. The monoisotopic (exact) mass is 620 g/mol. The van der Waals surface area contributed by atoms with Gasteiger partial charge in [0.1, 0.15) is 0 Å². The Hall–Kier alpha value is -6.10. The lowest BCUT2D eigenvalue weighted by atomic mass is 9.89. The molecule has 3 N–H and O–H groups in total. The summed E-state index contributed by atoms with van der Waals surface area (Å²) in [5, 5.41) is 3.47. The van der Waals surface area contributed by atoms with Gasteiger partial charge >= 0.3 is 0 Å². The number of rotatable bonds is 9. The van der Waals surface area contributed by atoms with E-state index in [1.807, 2.05) is 48.7 Å². The molecule has 0 spiro atoms. The van der Waals surface area contributed by atoms with Crippen LogP contribution in [0.5, 0.6) is 0 Å². The molecule has 0 unspecified atom stereocenters. The quantitative estimate of drug-likeness (QED) is 0.158. The van der Waals surface area contributed by atoms with Crippen LogP contribution < -0.4 is 11.1 Å². The molecule has 1 aliphatic rings. The van der Waals surface area contributed by atoms with E-state index >= 15 is 0 Å².